The Morgan fingerprint density at radius 1 is 1.30 bits per heavy atom. The second kappa shape index (κ2) is 5.68. The van der Waals surface area contributed by atoms with Crippen molar-refractivity contribution in [1.29, 1.82) is 0 Å². The van der Waals surface area contributed by atoms with Crippen molar-refractivity contribution in [2.75, 3.05) is 0 Å². The van der Waals surface area contributed by atoms with Crippen LogP contribution in [0.4, 0.5) is 13.2 Å². The summed E-state index contributed by atoms with van der Waals surface area (Å²) >= 11 is 0. The summed E-state index contributed by atoms with van der Waals surface area (Å²) in [6.45, 7) is 1.95. The third kappa shape index (κ3) is 3.06. The first-order valence-corrected chi connectivity index (χ1v) is 7.24. The predicted molar refractivity (Wildman–Crippen MR) is 76.4 cm³/mol. The van der Waals surface area contributed by atoms with Gasteiger partial charge >= 0.3 is 6.18 Å². The van der Waals surface area contributed by atoms with E-state index >= 15 is 0 Å². The molecule has 2 aromatic rings. The maximum Gasteiger partial charge on any atom is 0.417 e. The molecule has 23 heavy (non-hydrogen) atoms. The number of aromatic nitrogens is 3. The van der Waals surface area contributed by atoms with Gasteiger partial charge in [0.1, 0.15) is 0 Å². The summed E-state index contributed by atoms with van der Waals surface area (Å²) in [5.41, 5.74) is 1.34. The molecule has 0 saturated heterocycles. The van der Waals surface area contributed by atoms with Gasteiger partial charge in [0.2, 0.25) is 5.91 Å². The third-order valence-electron chi connectivity index (χ3n) is 3.98. The number of halogens is 3. The number of hydrogen-bond donors (Lipinski definition) is 1. The third-order valence-corrected chi connectivity index (χ3v) is 3.98. The maximum atomic E-state index is 12.8. The predicted octanol–water partition coefficient (Wildman–Crippen LogP) is 2.86. The van der Waals surface area contributed by atoms with Crippen LogP contribution < -0.4 is 5.32 Å². The maximum absolute atomic E-state index is 12.8. The van der Waals surface area contributed by atoms with Gasteiger partial charge in [0, 0.05) is 11.8 Å². The van der Waals surface area contributed by atoms with Gasteiger partial charge in [-0.1, -0.05) is 5.57 Å². The molecule has 0 radical (unpaired) electrons. The zero-order valence-electron chi connectivity index (χ0n) is 12.4. The minimum absolute atomic E-state index is 0.0259. The van der Waals surface area contributed by atoms with Crippen LogP contribution in [0.3, 0.4) is 0 Å². The molecule has 0 unspecified atom stereocenters. The van der Waals surface area contributed by atoms with E-state index in [2.05, 4.69) is 15.5 Å². The number of pyridine rings is 1. The quantitative estimate of drug-likeness (QED) is 0.944. The molecule has 1 aliphatic carbocycles. The molecular formula is C15H15F3N4O. The van der Waals surface area contributed by atoms with Crippen LogP contribution in [0.1, 0.15) is 37.6 Å². The second-order valence-corrected chi connectivity index (χ2v) is 5.56. The number of hydrogen-bond acceptors (Lipinski definition) is 3. The topological polar surface area (TPSA) is 59.3 Å². The first kappa shape index (κ1) is 15.5. The zero-order chi connectivity index (χ0) is 16.6. The summed E-state index contributed by atoms with van der Waals surface area (Å²) in [5, 5.41) is 10.4. The Morgan fingerprint density at radius 3 is 2.74 bits per heavy atom. The molecule has 1 N–H and O–H groups in total. The Bertz CT molecular complexity index is 792. The first-order valence-electron chi connectivity index (χ1n) is 7.24. The number of rotatable bonds is 3. The van der Waals surface area contributed by atoms with Gasteiger partial charge in [-0.05, 0) is 38.3 Å². The fraction of sp³-hybridized carbons (Fsp3) is 0.400. The summed E-state index contributed by atoms with van der Waals surface area (Å²) in [7, 11) is 0. The average Bonchev–Trinajstić information content (AvgIpc) is 3.09. The highest BCUT2D eigenvalue weighted by atomic mass is 19.4. The van der Waals surface area contributed by atoms with E-state index in [1.165, 1.54) is 10.5 Å². The number of carbonyl (C=O) groups is 1. The van der Waals surface area contributed by atoms with Crippen molar-refractivity contribution in [2.45, 2.75) is 38.9 Å². The average molecular weight is 324 g/mol. The Hall–Kier alpha value is -2.38. The van der Waals surface area contributed by atoms with Crippen LogP contribution in [0, 0.1) is 0 Å². The number of amides is 1. The van der Waals surface area contributed by atoms with Crippen LogP contribution in [0.2, 0.25) is 0 Å². The molecule has 2 aromatic heterocycles. The normalized spacial score (nSPS) is 15.5. The zero-order valence-corrected chi connectivity index (χ0v) is 12.4. The smallest absolute Gasteiger partial charge is 0.345 e. The van der Waals surface area contributed by atoms with Crippen molar-refractivity contribution in [1.82, 2.24) is 19.9 Å². The molecule has 0 bridgehead atoms. The van der Waals surface area contributed by atoms with Crippen molar-refractivity contribution < 1.29 is 18.0 Å². The molecule has 3 rings (SSSR count). The van der Waals surface area contributed by atoms with Gasteiger partial charge in [-0.15, -0.1) is 10.2 Å². The van der Waals surface area contributed by atoms with Crippen LogP contribution in [0.5, 0.6) is 0 Å². The minimum atomic E-state index is -4.44. The molecule has 8 heteroatoms. The van der Waals surface area contributed by atoms with Crippen LogP contribution in [0.15, 0.2) is 29.5 Å². The fourth-order valence-electron chi connectivity index (χ4n) is 2.69. The summed E-state index contributed by atoms with van der Waals surface area (Å²) in [6, 6.07) is 2.21. The van der Waals surface area contributed by atoms with Gasteiger partial charge in [-0.3, -0.25) is 9.20 Å². The molecule has 1 amide bonds. The van der Waals surface area contributed by atoms with Crippen LogP contribution in [-0.2, 0) is 17.5 Å². The Balaban J connectivity index is 1.80. The lowest BCUT2D eigenvalue weighted by Crippen LogP contribution is -2.25. The van der Waals surface area contributed by atoms with E-state index in [0.29, 0.717) is 5.65 Å². The number of carbonyl (C=O) groups excluding carboxylic acids is 1. The van der Waals surface area contributed by atoms with E-state index in [4.69, 9.17) is 0 Å². The van der Waals surface area contributed by atoms with E-state index in [1.54, 1.807) is 0 Å². The molecule has 0 saturated carbocycles. The van der Waals surface area contributed by atoms with E-state index < -0.39 is 11.7 Å². The lowest BCUT2D eigenvalue weighted by atomic mass is 10.1. The minimum Gasteiger partial charge on any atom is -0.345 e. The largest absolute Gasteiger partial charge is 0.417 e. The molecule has 0 atom stereocenters. The van der Waals surface area contributed by atoms with Gasteiger partial charge in [-0.25, -0.2) is 0 Å². The van der Waals surface area contributed by atoms with Crippen molar-refractivity contribution in [3.63, 3.8) is 0 Å². The fourth-order valence-corrected chi connectivity index (χ4v) is 2.69. The van der Waals surface area contributed by atoms with Crippen molar-refractivity contribution in [3.05, 3.63) is 40.9 Å². The Kier molecular flexibility index (Phi) is 3.83. The van der Waals surface area contributed by atoms with Crippen molar-refractivity contribution >= 4 is 11.6 Å². The van der Waals surface area contributed by atoms with Gasteiger partial charge < -0.3 is 5.32 Å². The number of nitrogens with zero attached hydrogens (tertiary/aromatic N) is 3. The summed E-state index contributed by atoms with van der Waals surface area (Å²) in [6.07, 6.45) is -0.902. The lowest BCUT2D eigenvalue weighted by molar-refractivity contribution is -0.137. The van der Waals surface area contributed by atoms with Crippen molar-refractivity contribution in [2.24, 2.45) is 0 Å². The van der Waals surface area contributed by atoms with Gasteiger partial charge in [0.25, 0.3) is 0 Å². The number of fused-ring (bicyclic) bond motifs is 1. The summed E-state index contributed by atoms with van der Waals surface area (Å²) in [4.78, 5) is 12.1. The summed E-state index contributed by atoms with van der Waals surface area (Å²) in [5.74, 6) is 0.0689. The highest BCUT2D eigenvalue weighted by Crippen LogP contribution is 2.29. The Labute approximate surface area is 130 Å². The first-order chi connectivity index (χ1) is 10.9. The van der Waals surface area contributed by atoms with E-state index in [0.717, 1.165) is 42.7 Å². The van der Waals surface area contributed by atoms with Crippen LogP contribution in [-0.4, -0.2) is 20.5 Å². The molecule has 122 valence electrons. The SMILES string of the molecule is CC1=C(C(=O)NCc2nnc3ccc(C(F)(F)F)cn23)CCC1. The molecule has 1 aliphatic rings. The molecule has 2 heterocycles. The van der Waals surface area contributed by atoms with Crippen LogP contribution >= 0.6 is 0 Å². The molecule has 5 nitrogen and oxygen atoms in total. The van der Waals surface area contributed by atoms with E-state index in [1.807, 2.05) is 6.92 Å². The second-order valence-electron chi connectivity index (χ2n) is 5.56. The molecule has 0 fully saturated rings. The van der Waals surface area contributed by atoms with Gasteiger partial charge in [0.05, 0.1) is 12.1 Å². The number of allylic oxidation sites excluding steroid dienone is 1. The van der Waals surface area contributed by atoms with Crippen molar-refractivity contribution in [3.8, 4) is 0 Å². The number of nitrogens with one attached hydrogen (secondary N) is 1. The number of alkyl halides is 3. The molecular weight excluding hydrogens is 309 g/mol. The van der Waals surface area contributed by atoms with E-state index in [9.17, 15) is 18.0 Å². The highest BCUT2D eigenvalue weighted by molar-refractivity contribution is 5.94. The Morgan fingerprint density at radius 2 is 2.09 bits per heavy atom. The van der Waals surface area contributed by atoms with E-state index in [-0.39, 0.29) is 18.3 Å². The molecule has 0 aliphatic heterocycles. The highest BCUT2D eigenvalue weighted by Gasteiger charge is 2.31. The van der Waals surface area contributed by atoms with Gasteiger partial charge in [0.15, 0.2) is 11.5 Å². The lowest BCUT2D eigenvalue weighted by Gasteiger charge is -2.08. The van der Waals surface area contributed by atoms with Crippen LogP contribution in [0.25, 0.3) is 5.65 Å². The monoisotopic (exact) mass is 324 g/mol. The van der Waals surface area contributed by atoms with Gasteiger partial charge in [-0.2, -0.15) is 13.2 Å². The molecule has 0 spiro atoms. The molecule has 0 aromatic carbocycles. The standard InChI is InChI=1S/C15H15F3N4O/c1-9-3-2-4-11(9)14(23)19-7-13-21-20-12-6-5-10(8-22(12)13)15(16,17)18/h5-6,8H,2-4,7H2,1H3,(H,19,23). The summed E-state index contributed by atoms with van der Waals surface area (Å²) < 4.78 is 39.6.